The number of nitrogens with zero attached hydrogens (tertiary/aromatic N) is 4. The Hall–Kier alpha value is -3.35. The zero-order valence-corrected chi connectivity index (χ0v) is 15.3. The number of para-hydroxylation sites is 4. The predicted molar refractivity (Wildman–Crippen MR) is 104 cm³/mol. The number of fused-ring (bicyclic) bond motifs is 2. The van der Waals surface area contributed by atoms with E-state index in [1.54, 1.807) is 4.57 Å². The second-order valence-corrected chi connectivity index (χ2v) is 6.45. The third kappa shape index (κ3) is 2.91. The van der Waals surface area contributed by atoms with Gasteiger partial charge >= 0.3 is 5.69 Å². The molecule has 4 aromatic rings. The summed E-state index contributed by atoms with van der Waals surface area (Å²) in [4.78, 5) is 29.7. The van der Waals surface area contributed by atoms with Gasteiger partial charge in [-0.15, -0.1) is 0 Å². The van der Waals surface area contributed by atoms with Crippen LogP contribution in [-0.4, -0.2) is 24.6 Å². The molecular weight excluding hydrogens is 342 g/mol. The average molecular weight is 363 g/mol. The molecule has 0 saturated heterocycles. The zero-order valence-electron chi connectivity index (χ0n) is 15.3. The summed E-state index contributed by atoms with van der Waals surface area (Å²) >= 11 is 0. The number of benzene rings is 2. The fraction of sp³-hybridized carbons (Fsp3) is 0.250. The number of rotatable bonds is 5. The maximum absolute atomic E-state index is 12.6. The Morgan fingerprint density at radius 1 is 1.00 bits per heavy atom. The Bertz CT molecular complexity index is 1200. The van der Waals surface area contributed by atoms with Crippen molar-refractivity contribution in [2.75, 3.05) is 0 Å². The molecule has 0 aliphatic rings. The van der Waals surface area contributed by atoms with E-state index in [2.05, 4.69) is 10.3 Å². The number of amides is 1. The Labute approximate surface area is 155 Å². The summed E-state index contributed by atoms with van der Waals surface area (Å²) in [6.07, 6.45) is 0. The van der Waals surface area contributed by atoms with Gasteiger partial charge in [0.05, 0.1) is 28.6 Å². The molecule has 1 amide bonds. The first-order valence-corrected chi connectivity index (χ1v) is 8.95. The van der Waals surface area contributed by atoms with Crippen LogP contribution in [0.3, 0.4) is 0 Å². The molecule has 4 rings (SSSR count). The SMILES string of the molecule is CCn1c(=O)n(CC(=O)NCc2nc3ccccc3n2C)c2ccccc21. The van der Waals surface area contributed by atoms with Crippen molar-refractivity contribution in [3.8, 4) is 0 Å². The molecule has 0 atom stereocenters. The van der Waals surface area contributed by atoms with Gasteiger partial charge in [0.2, 0.25) is 5.91 Å². The summed E-state index contributed by atoms with van der Waals surface area (Å²) in [5, 5.41) is 2.88. The number of hydrogen-bond donors (Lipinski definition) is 1. The molecule has 0 aliphatic carbocycles. The fourth-order valence-electron chi connectivity index (χ4n) is 3.46. The number of hydrogen-bond acceptors (Lipinski definition) is 3. The summed E-state index contributed by atoms with van der Waals surface area (Å²) in [5.74, 6) is 0.552. The van der Waals surface area contributed by atoms with Crippen LogP contribution < -0.4 is 11.0 Å². The van der Waals surface area contributed by atoms with Crippen LogP contribution in [0.1, 0.15) is 12.7 Å². The summed E-state index contributed by atoms with van der Waals surface area (Å²) in [6.45, 7) is 2.78. The summed E-state index contributed by atoms with van der Waals surface area (Å²) < 4.78 is 5.15. The zero-order chi connectivity index (χ0) is 19.0. The maximum atomic E-state index is 12.6. The highest BCUT2D eigenvalue weighted by atomic mass is 16.2. The number of carbonyl (C=O) groups is 1. The second kappa shape index (κ2) is 6.75. The lowest BCUT2D eigenvalue weighted by Crippen LogP contribution is -2.33. The monoisotopic (exact) mass is 363 g/mol. The van der Waals surface area contributed by atoms with Crippen molar-refractivity contribution in [2.45, 2.75) is 26.6 Å². The Morgan fingerprint density at radius 2 is 1.63 bits per heavy atom. The number of imidazole rings is 2. The number of aryl methyl sites for hydroxylation is 2. The molecule has 0 unspecified atom stereocenters. The Morgan fingerprint density at radius 3 is 2.30 bits per heavy atom. The van der Waals surface area contributed by atoms with E-state index in [-0.39, 0.29) is 18.1 Å². The summed E-state index contributed by atoms with van der Waals surface area (Å²) in [5.41, 5.74) is 3.35. The van der Waals surface area contributed by atoms with E-state index >= 15 is 0 Å². The van der Waals surface area contributed by atoms with Gasteiger partial charge in [-0.25, -0.2) is 9.78 Å². The topological polar surface area (TPSA) is 73.8 Å². The molecule has 7 nitrogen and oxygen atoms in total. The van der Waals surface area contributed by atoms with Gasteiger partial charge in [-0.05, 0) is 31.2 Å². The molecule has 0 spiro atoms. The lowest BCUT2D eigenvalue weighted by atomic mass is 10.3. The van der Waals surface area contributed by atoms with Crippen molar-refractivity contribution in [3.05, 3.63) is 64.8 Å². The van der Waals surface area contributed by atoms with Gasteiger partial charge in [-0.1, -0.05) is 24.3 Å². The number of carbonyl (C=O) groups excluding carboxylic acids is 1. The lowest BCUT2D eigenvalue weighted by Gasteiger charge is -2.06. The number of nitrogens with one attached hydrogen (secondary N) is 1. The molecule has 138 valence electrons. The van der Waals surface area contributed by atoms with Crippen molar-refractivity contribution in [1.82, 2.24) is 24.0 Å². The summed E-state index contributed by atoms with van der Waals surface area (Å²) in [7, 11) is 1.93. The van der Waals surface area contributed by atoms with E-state index in [1.165, 1.54) is 4.57 Å². The highest BCUT2D eigenvalue weighted by molar-refractivity contribution is 5.81. The largest absolute Gasteiger partial charge is 0.347 e. The molecule has 2 aromatic carbocycles. The minimum Gasteiger partial charge on any atom is -0.347 e. The molecule has 0 fully saturated rings. The molecule has 0 aliphatic heterocycles. The number of aromatic nitrogens is 4. The molecule has 2 heterocycles. The van der Waals surface area contributed by atoms with E-state index in [0.717, 1.165) is 27.9 Å². The van der Waals surface area contributed by atoms with E-state index in [4.69, 9.17) is 0 Å². The smallest absolute Gasteiger partial charge is 0.329 e. The highest BCUT2D eigenvalue weighted by Crippen LogP contribution is 2.14. The van der Waals surface area contributed by atoms with Crippen molar-refractivity contribution in [1.29, 1.82) is 0 Å². The highest BCUT2D eigenvalue weighted by Gasteiger charge is 2.15. The predicted octanol–water partition coefficient (Wildman–Crippen LogP) is 2.03. The molecule has 0 radical (unpaired) electrons. The van der Waals surface area contributed by atoms with Crippen LogP contribution in [0.4, 0.5) is 0 Å². The minimum atomic E-state index is -0.219. The minimum absolute atomic E-state index is 0.0176. The van der Waals surface area contributed by atoms with E-state index < -0.39 is 0 Å². The summed E-state index contributed by atoms with van der Waals surface area (Å²) in [6, 6.07) is 15.4. The van der Waals surface area contributed by atoms with Crippen LogP contribution in [0.15, 0.2) is 53.3 Å². The standard InChI is InChI=1S/C20H21N5O2/c1-3-24-16-10-6-7-11-17(16)25(20(24)27)13-19(26)21-12-18-22-14-8-4-5-9-15(14)23(18)2/h4-11H,3,12-13H2,1-2H3,(H,21,26). The first kappa shape index (κ1) is 17.1. The Balaban J connectivity index is 1.55. The third-order valence-corrected chi connectivity index (χ3v) is 4.87. The van der Waals surface area contributed by atoms with Gasteiger partial charge in [0.1, 0.15) is 12.4 Å². The third-order valence-electron chi connectivity index (χ3n) is 4.87. The first-order valence-electron chi connectivity index (χ1n) is 8.95. The molecular formula is C20H21N5O2. The van der Waals surface area contributed by atoms with Gasteiger partial charge in [-0.3, -0.25) is 13.9 Å². The van der Waals surface area contributed by atoms with Crippen molar-refractivity contribution in [2.24, 2.45) is 7.05 Å². The second-order valence-electron chi connectivity index (χ2n) is 6.45. The van der Waals surface area contributed by atoms with Crippen LogP contribution in [0, 0.1) is 0 Å². The van der Waals surface area contributed by atoms with Gasteiger partial charge in [0.25, 0.3) is 0 Å². The van der Waals surface area contributed by atoms with Crippen LogP contribution >= 0.6 is 0 Å². The fourth-order valence-corrected chi connectivity index (χ4v) is 3.46. The average Bonchev–Trinajstić information content (AvgIpc) is 3.15. The molecule has 0 saturated carbocycles. The molecule has 2 aromatic heterocycles. The van der Waals surface area contributed by atoms with Crippen LogP contribution in [0.2, 0.25) is 0 Å². The lowest BCUT2D eigenvalue weighted by molar-refractivity contribution is -0.121. The Kier molecular flexibility index (Phi) is 4.27. The maximum Gasteiger partial charge on any atom is 0.329 e. The van der Waals surface area contributed by atoms with Gasteiger partial charge in [-0.2, -0.15) is 0 Å². The van der Waals surface area contributed by atoms with Crippen LogP contribution in [0.5, 0.6) is 0 Å². The van der Waals surface area contributed by atoms with Crippen LogP contribution in [-0.2, 0) is 31.5 Å². The van der Waals surface area contributed by atoms with E-state index in [1.807, 2.05) is 67.1 Å². The van der Waals surface area contributed by atoms with Crippen molar-refractivity contribution < 1.29 is 4.79 Å². The van der Waals surface area contributed by atoms with Crippen molar-refractivity contribution >= 4 is 28.0 Å². The first-order chi connectivity index (χ1) is 13.1. The quantitative estimate of drug-likeness (QED) is 0.590. The normalized spacial score (nSPS) is 11.3. The van der Waals surface area contributed by atoms with Crippen molar-refractivity contribution in [3.63, 3.8) is 0 Å². The van der Waals surface area contributed by atoms with Gasteiger partial charge < -0.3 is 9.88 Å². The van der Waals surface area contributed by atoms with Gasteiger partial charge in [0, 0.05) is 13.6 Å². The van der Waals surface area contributed by atoms with Gasteiger partial charge in [0.15, 0.2) is 0 Å². The molecule has 1 N–H and O–H groups in total. The van der Waals surface area contributed by atoms with E-state index in [0.29, 0.717) is 13.1 Å². The molecule has 27 heavy (non-hydrogen) atoms. The molecule has 7 heteroatoms. The van der Waals surface area contributed by atoms with E-state index in [9.17, 15) is 9.59 Å². The van der Waals surface area contributed by atoms with Crippen LogP contribution in [0.25, 0.3) is 22.1 Å². The molecule has 0 bridgehead atoms.